The van der Waals surface area contributed by atoms with E-state index in [9.17, 15) is 8.78 Å². The van der Waals surface area contributed by atoms with Crippen LogP contribution in [0.1, 0.15) is 5.56 Å². The zero-order valence-electron chi connectivity index (χ0n) is 11.3. The summed E-state index contributed by atoms with van der Waals surface area (Å²) in [5.74, 6) is -1.94. The van der Waals surface area contributed by atoms with E-state index in [4.69, 9.17) is 9.94 Å². The Hall–Kier alpha value is -1.25. The zero-order chi connectivity index (χ0) is 15.4. The molecule has 3 nitrogen and oxygen atoms in total. The number of aliphatic hydroxyl groups is 1. The maximum atomic E-state index is 14.0. The fourth-order valence-electron chi connectivity index (χ4n) is 1.90. The Morgan fingerprint density at radius 3 is 2.62 bits per heavy atom. The Morgan fingerprint density at radius 1 is 1.19 bits per heavy atom. The summed E-state index contributed by atoms with van der Waals surface area (Å²) in [4.78, 5) is 5.39. The van der Waals surface area contributed by atoms with E-state index in [1.165, 1.54) is 17.2 Å². The van der Waals surface area contributed by atoms with Gasteiger partial charge in [0.05, 0.1) is 18.9 Å². The van der Waals surface area contributed by atoms with Crippen LogP contribution in [0.5, 0.6) is 0 Å². The Kier molecular flexibility index (Phi) is 5.49. The lowest BCUT2D eigenvalue weighted by Crippen LogP contribution is -2.22. The SMILES string of the molecule is Cc1cc(I)ccc1N(OCCO)c1cccc(F)c1F. The Labute approximate surface area is 135 Å². The second kappa shape index (κ2) is 7.15. The third kappa shape index (κ3) is 3.69. The van der Waals surface area contributed by atoms with E-state index >= 15 is 0 Å². The maximum absolute atomic E-state index is 14.0. The summed E-state index contributed by atoms with van der Waals surface area (Å²) in [6, 6.07) is 9.39. The van der Waals surface area contributed by atoms with Gasteiger partial charge in [-0.25, -0.2) is 13.8 Å². The fourth-order valence-corrected chi connectivity index (χ4v) is 2.54. The van der Waals surface area contributed by atoms with Gasteiger partial charge in [0.15, 0.2) is 11.6 Å². The van der Waals surface area contributed by atoms with Crippen LogP contribution in [0, 0.1) is 22.1 Å². The van der Waals surface area contributed by atoms with E-state index in [-0.39, 0.29) is 18.9 Å². The van der Waals surface area contributed by atoms with Crippen LogP contribution < -0.4 is 5.06 Å². The number of hydrogen-bond acceptors (Lipinski definition) is 3. The first-order valence-corrected chi connectivity index (χ1v) is 7.36. The molecule has 0 aromatic heterocycles. The van der Waals surface area contributed by atoms with Crippen molar-refractivity contribution in [3.8, 4) is 0 Å². The van der Waals surface area contributed by atoms with E-state index in [1.54, 1.807) is 6.07 Å². The normalized spacial score (nSPS) is 10.7. The van der Waals surface area contributed by atoms with Crippen molar-refractivity contribution in [3.63, 3.8) is 0 Å². The van der Waals surface area contributed by atoms with Crippen LogP contribution in [0.2, 0.25) is 0 Å². The summed E-state index contributed by atoms with van der Waals surface area (Å²) in [6.45, 7) is 1.60. The number of aliphatic hydroxyl groups excluding tert-OH is 1. The minimum absolute atomic E-state index is 0.0264. The third-order valence-corrected chi connectivity index (χ3v) is 3.51. The molecule has 0 amide bonds. The third-order valence-electron chi connectivity index (χ3n) is 2.84. The molecule has 0 saturated carbocycles. The molecule has 0 radical (unpaired) electrons. The van der Waals surface area contributed by atoms with Crippen LogP contribution in [0.15, 0.2) is 36.4 Å². The van der Waals surface area contributed by atoms with Gasteiger partial charge in [0.2, 0.25) is 0 Å². The summed E-state index contributed by atoms with van der Waals surface area (Å²) in [6.07, 6.45) is 0. The molecule has 0 fully saturated rings. The number of halogens is 3. The number of hydrogen-bond donors (Lipinski definition) is 1. The number of benzene rings is 2. The molecule has 2 aromatic rings. The number of anilines is 2. The molecule has 6 heteroatoms. The van der Waals surface area contributed by atoms with Gasteiger partial charge in [0, 0.05) is 3.57 Å². The van der Waals surface area contributed by atoms with Crippen molar-refractivity contribution in [2.45, 2.75) is 6.92 Å². The lowest BCUT2D eigenvalue weighted by Gasteiger charge is -2.25. The van der Waals surface area contributed by atoms with Crippen molar-refractivity contribution in [1.29, 1.82) is 0 Å². The predicted octanol–water partition coefficient (Wildman–Crippen LogP) is 3.94. The molecule has 0 spiro atoms. The van der Waals surface area contributed by atoms with Gasteiger partial charge in [0.1, 0.15) is 5.69 Å². The Balaban J connectivity index is 2.49. The molecule has 0 aliphatic rings. The highest BCUT2D eigenvalue weighted by Crippen LogP contribution is 2.32. The number of aryl methyl sites for hydroxylation is 1. The lowest BCUT2D eigenvalue weighted by atomic mass is 10.2. The van der Waals surface area contributed by atoms with Crippen LogP contribution in [0.4, 0.5) is 20.2 Å². The molecule has 0 aliphatic heterocycles. The summed E-state index contributed by atoms with van der Waals surface area (Å²) in [5.41, 5.74) is 1.41. The Morgan fingerprint density at radius 2 is 1.95 bits per heavy atom. The average Bonchev–Trinajstić information content (AvgIpc) is 2.45. The molecule has 0 aliphatic carbocycles. The minimum atomic E-state index is -0.992. The van der Waals surface area contributed by atoms with E-state index in [0.29, 0.717) is 5.69 Å². The summed E-state index contributed by atoms with van der Waals surface area (Å²) in [7, 11) is 0. The molecular formula is C15H14F2INO2. The first-order valence-electron chi connectivity index (χ1n) is 6.28. The summed E-state index contributed by atoms with van der Waals surface area (Å²) >= 11 is 2.17. The fraction of sp³-hybridized carbons (Fsp3) is 0.200. The van der Waals surface area contributed by atoms with Crippen molar-refractivity contribution in [2.75, 3.05) is 18.3 Å². The van der Waals surface area contributed by atoms with Gasteiger partial charge in [0.25, 0.3) is 0 Å². The van der Waals surface area contributed by atoms with Gasteiger partial charge >= 0.3 is 0 Å². The van der Waals surface area contributed by atoms with Gasteiger partial charge in [-0.2, -0.15) is 0 Å². The highest BCUT2D eigenvalue weighted by atomic mass is 127. The smallest absolute Gasteiger partial charge is 0.184 e. The van der Waals surface area contributed by atoms with Gasteiger partial charge < -0.3 is 5.11 Å². The second-order valence-corrected chi connectivity index (χ2v) is 5.60. The van der Waals surface area contributed by atoms with Gasteiger partial charge in [-0.1, -0.05) is 6.07 Å². The standard InChI is InChI=1S/C15H14F2INO2/c1-10-9-11(18)5-6-13(10)19(21-8-7-20)14-4-2-3-12(16)15(14)17/h2-6,9,20H,7-8H2,1H3. The molecule has 2 rings (SSSR count). The maximum Gasteiger partial charge on any atom is 0.184 e. The second-order valence-electron chi connectivity index (χ2n) is 4.35. The largest absolute Gasteiger partial charge is 0.394 e. The molecular weight excluding hydrogens is 391 g/mol. The lowest BCUT2D eigenvalue weighted by molar-refractivity contribution is 0.0915. The molecule has 112 valence electrons. The molecule has 0 saturated heterocycles. The van der Waals surface area contributed by atoms with E-state index in [2.05, 4.69) is 22.6 Å². The van der Waals surface area contributed by atoms with Crippen LogP contribution >= 0.6 is 22.6 Å². The van der Waals surface area contributed by atoms with Gasteiger partial charge in [-0.3, -0.25) is 4.84 Å². The van der Waals surface area contributed by atoms with Crippen molar-refractivity contribution in [1.82, 2.24) is 0 Å². The highest BCUT2D eigenvalue weighted by molar-refractivity contribution is 14.1. The Bertz CT molecular complexity index is 637. The molecule has 0 heterocycles. The van der Waals surface area contributed by atoms with Crippen LogP contribution in [-0.2, 0) is 4.84 Å². The highest BCUT2D eigenvalue weighted by Gasteiger charge is 2.19. The van der Waals surface area contributed by atoms with Crippen LogP contribution in [0.25, 0.3) is 0 Å². The van der Waals surface area contributed by atoms with E-state index in [0.717, 1.165) is 15.2 Å². The van der Waals surface area contributed by atoms with E-state index < -0.39 is 11.6 Å². The first kappa shape index (κ1) is 16.1. The molecule has 1 N–H and O–H groups in total. The molecule has 0 bridgehead atoms. The average molecular weight is 405 g/mol. The topological polar surface area (TPSA) is 32.7 Å². The molecule has 21 heavy (non-hydrogen) atoms. The first-order chi connectivity index (χ1) is 10.0. The zero-order valence-corrected chi connectivity index (χ0v) is 13.5. The van der Waals surface area contributed by atoms with Gasteiger partial charge in [-0.15, -0.1) is 0 Å². The molecule has 2 aromatic carbocycles. The van der Waals surface area contributed by atoms with Crippen molar-refractivity contribution >= 4 is 34.0 Å². The molecule has 0 unspecified atom stereocenters. The quantitative estimate of drug-likeness (QED) is 0.605. The van der Waals surface area contributed by atoms with Crippen molar-refractivity contribution < 1.29 is 18.7 Å². The van der Waals surface area contributed by atoms with Crippen molar-refractivity contribution in [2.24, 2.45) is 0 Å². The summed E-state index contributed by atoms with van der Waals surface area (Å²) in [5, 5.41) is 10.1. The van der Waals surface area contributed by atoms with Crippen LogP contribution in [0.3, 0.4) is 0 Å². The van der Waals surface area contributed by atoms with Crippen molar-refractivity contribution in [3.05, 3.63) is 57.2 Å². The monoisotopic (exact) mass is 405 g/mol. The number of nitrogens with zero attached hydrogens (tertiary/aromatic N) is 1. The number of rotatable bonds is 5. The van der Waals surface area contributed by atoms with Gasteiger partial charge in [-0.05, 0) is 65.4 Å². The minimum Gasteiger partial charge on any atom is -0.394 e. The summed E-state index contributed by atoms with van der Waals surface area (Å²) < 4.78 is 28.5. The van der Waals surface area contributed by atoms with E-state index in [1.807, 2.05) is 19.1 Å². The van der Waals surface area contributed by atoms with Crippen LogP contribution in [-0.4, -0.2) is 18.3 Å². The predicted molar refractivity (Wildman–Crippen MR) is 85.4 cm³/mol. The molecule has 0 atom stereocenters.